The second kappa shape index (κ2) is 12.5. The van der Waals surface area contributed by atoms with Gasteiger partial charge in [0.15, 0.2) is 0 Å². The van der Waals surface area contributed by atoms with E-state index < -0.39 is 0 Å². The summed E-state index contributed by atoms with van der Waals surface area (Å²) < 4.78 is 0. The van der Waals surface area contributed by atoms with Gasteiger partial charge in [0.1, 0.15) is 0 Å². The highest BCUT2D eigenvalue weighted by Gasteiger charge is 1.94. The molecule has 0 aliphatic heterocycles. The van der Waals surface area contributed by atoms with Crippen molar-refractivity contribution in [2.24, 2.45) is 0 Å². The Morgan fingerprint density at radius 3 is 2.06 bits per heavy atom. The average molecular weight is 230 g/mol. The van der Waals surface area contributed by atoms with Crippen LogP contribution in [0.2, 0.25) is 0 Å². The molecule has 0 atom stereocenters. The van der Waals surface area contributed by atoms with Crippen LogP contribution in [0.5, 0.6) is 0 Å². The highest BCUT2D eigenvalue weighted by molar-refractivity contribution is 5.46. The molecule has 0 aromatic heterocycles. The van der Waals surface area contributed by atoms with Crippen LogP contribution in [-0.4, -0.2) is 0 Å². The molecule has 0 amide bonds. The molecule has 0 aliphatic carbocycles. The van der Waals surface area contributed by atoms with Gasteiger partial charge in [-0.15, -0.1) is 0 Å². The zero-order valence-electron chi connectivity index (χ0n) is 11.8. The highest BCUT2D eigenvalue weighted by atomic mass is 14.0. The number of rotatable bonds is 6. The van der Waals surface area contributed by atoms with E-state index in [1.165, 1.54) is 5.57 Å². The Morgan fingerprint density at radius 2 is 1.65 bits per heavy atom. The van der Waals surface area contributed by atoms with Crippen molar-refractivity contribution in [1.82, 2.24) is 0 Å². The Morgan fingerprint density at radius 1 is 1.06 bits per heavy atom. The van der Waals surface area contributed by atoms with Crippen molar-refractivity contribution in [3.63, 3.8) is 0 Å². The van der Waals surface area contributed by atoms with Gasteiger partial charge in [0.25, 0.3) is 0 Å². The van der Waals surface area contributed by atoms with Crippen molar-refractivity contribution in [3.8, 4) is 0 Å². The first-order valence-corrected chi connectivity index (χ1v) is 6.16. The fourth-order valence-corrected chi connectivity index (χ4v) is 1.09. The van der Waals surface area contributed by atoms with Crippen LogP contribution < -0.4 is 0 Å². The lowest BCUT2D eigenvalue weighted by Gasteiger charge is -2.02. The lowest BCUT2D eigenvalue weighted by molar-refractivity contribution is 1.14. The van der Waals surface area contributed by atoms with Crippen LogP contribution in [0.4, 0.5) is 0 Å². The Balaban J connectivity index is 0. The van der Waals surface area contributed by atoms with E-state index in [0.29, 0.717) is 0 Å². The van der Waals surface area contributed by atoms with E-state index in [1.54, 1.807) is 6.08 Å². The SMILES string of the molecule is C=C/C=C\C(=C)C(=C)/C=C(\C=C/C)CC.CC. The molecule has 0 rings (SSSR count). The maximum atomic E-state index is 3.98. The topological polar surface area (TPSA) is 0 Å². The number of allylic oxidation sites excluding steroid dienone is 9. The van der Waals surface area contributed by atoms with Gasteiger partial charge in [-0.25, -0.2) is 0 Å². The largest absolute Gasteiger partial charge is 0.0991 e. The third-order valence-corrected chi connectivity index (χ3v) is 1.99. The monoisotopic (exact) mass is 230 g/mol. The molecule has 0 saturated heterocycles. The molecule has 0 N–H and O–H groups in total. The summed E-state index contributed by atoms with van der Waals surface area (Å²) in [5.41, 5.74) is 3.13. The van der Waals surface area contributed by atoms with Gasteiger partial charge in [0, 0.05) is 0 Å². The molecule has 0 aliphatic rings. The van der Waals surface area contributed by atoms with E-state index in [9.17, 15) is 0 Å². The van der Waals surface area contributed by atoms with Gasteiger partial charge in [0.05, 0.1) is 0 Å². The minimum Gasteiger partial charge on any atom is -0.0991 e. The molecule has 94 valence electrons. The summed E-state index contributed by atoms with van der Waals surface area (Å²) in [7, 11) is 0. The molecule has 0 heteroatoms. The van der Waals surface area contributed by atoms with Crippen LogP contribution in [0.1, 0.15) is 34.1 Å². The van der Waals surface area contributed by atoms with E-state index in [1.807, 2.05) is 39.0 Å². The molecule has 0 fully saturated rings. The molecular formula is C17H26. The van der Waals surface area contributed by atoms with Crippen LogP contribution in [0.3, 0.4) is 0 Å². The molecular weight excluding hydrogens is 204 g/mol. The Hall–Kier alpha value is -1.56. The predicted molar refractivity (Wildman–Crippen MR) is 82.2 cm³/mol. The molecule has 0 unspecified atom stereocenters. The summed E-state index contributed by atoms with van der Waals surface area (Å²) in [5.74, 6) is 0. The van der Waals surface area contributed by atoms with Crippen molar-refractivity contribution >= 4 is 0 Å². The van der Waals surface area contributed by atoms with E-state index in [4.69, 9.17) is 0 Å². The van der Waals surface area contributed by atoms with Crippen molar-refractivity contribution < 1.29 is 0 Å². The van der Waals surface area contributed by atoms with E-state index in [-0.39, 0.29) is 0 Å². The molecule has 0 radical (unpaired) electrons. The lowest BCUT2D eigenvalue weighted by atomic mass is 10.0. The van der Waals surface area contributed by atoms with Gasteiger partial charge in [-0.2, -0.15) is 0 Å². The highest BCUT2D eigenvalue weighted by Crippen LogP contribution is 2.13. The van der Waals surface area contributed by atoms with Crippen molar-refractivity contribution in [1.29, 1.82) is 0 Å². The third kappa shape index (κ3) is 9.37. The zero-order chi connectivity index (χ0) is 13.7. The second-order valence-electron chi connectivity index (χ2n) is 3.22. The standard InChI is InChI=1S/C15H20.C2H6/c1-6-9-11-13(4)14(5)12-15(8-3)10-7-2;1-2/h6-7,9-12H,1,4-5,8H2,2-3H3;1-2H3/b10-7-,11-9-,15-12-;. The van der Waals surface area contributed by atoms with Crippen LogP contribution in [0.25, 0.3) is 0 Å². The normalized spacial score (nSPS) is 11.2. The van der Waals surface area contributed by atoms with Crippen LogP contribution in [-0.2, 0) is 0 Å². The smallest absolute Gasteiger partial charge is 0.0259 e. The van der Waals surface area contributed by atoms with Crippen molar-refractivity contribution in [2.75, 3.05) is 0 Å². The van der Waals surface area contributed by atoms with Crippen LogP contribution >= 0.6 is 0 Å². The fraction of sp³-hybridized carbons (Fsp3) is 0.294. The van der Waals surface area contributed by atoms with Crippen molar-refractivity contribution in [3.05, 3.63) is 72.9 Å². The minimum atomic E-state index is 0.922. The quantitative estimate of drug-likeness (QED) is 0.507. The minimum absolute atomic E-state index is 0.922. The summed E-state index contributed by atoms with van der Waals surface area (Å²) in [5, 5.41) is 0. The van der Waals surface area contributed by atoms with Gasteiger partial charge in [-0.05, 0) is 30.1 Å². The maximum Gasteiger partial charge on any atom is -0.0259 e. The summed E-state index contributed by atoms with van der Waals surface area (Å²) in [4.78, 5) is 0. The third-order valence-electron chi connectivity index (χ3n) is 1.99. The summed E-state index contributed by atoms with van der Waals surface area (Å²) in [6, 6.07) is 0. The lowest BCUT2D eigenvalue weighted by Crippen LogP contribution is -1.82. The Kier molecular flexibility index (Phi) is 13.1. The molecule has 0 aromatic carbocycles. The summed E-state index contributed by atoms with van der Waals surface area (Å²) >= 11 is 0. The molecule has 0 nitrogen and oxygen atoms in total. The molecule has 0 spiro atoms. The molecule has 0 aromatic rings. The summed E-state index contributed by atoms with van der Waals surface area (Å²) in [6.07, 6.45) is 12.7. The van der Waals surface area contributed by atoms with Gasteiger partial charge < -0.3 is 0 Å². The van der Waals surface area contributed by atoms with E-state index in [0.717, 1.165) is 17.6 Å². The van der Waals surface area contributed by atoms with Gasteiger partial charge >= 0.3 is 0 Å². The van der Waals surface area contributed by atoms with E-state index in [2.05, 4.69) is 38.8 Å². The van der Waals surface area contributed by atoms with Crippen LogP contribution in [0, 0.1) is 0 Å². The predicted octanol–water partition coefficient (Wildman–Crippen LogP) is 5.78. The molecule has 0 bridgehead atoms. The Bertz CT molecular complexity index is 322. The van der Waals surface area contributed by atoms with Crippen LogP contribution in [0.15, 0.2) is 72.9 Å². The first-order valence-electron chi connectivity index (χ1n) is 6.16. The number of hydrogen-bond acceptors (Lipinski definition) is 0. The van der Waals surface area contributed by atoms with Gasteiger partial charge in [-0.3, -0.25) is 0 Å². The summed E-state index contributed by atoms with van der Waals surface area (Å²) in [6.45, 7) is 19.7. The first-order chi connectivity index (χ1) is 8.15. The average Bonchev–Trinajstić information content (AvgIpc) is 2.37. The zero-order valence-corrected chi connectivity index (χ0v) is 11.8. The number of hydrogen-bond donors (Lipinski definition) is 0. The Labute approximate surface area is 107 Å². The maximum absolute atomic E-state index is 3.98. The second-order valence-corrected chi connectivity index (χ2v) is 3.22. The van der Waals surface area contributed by atoms with Crippen molar-refractivity contribution in [2.45, 2.75) is 34.1 Å². The first kappa shape index (κ1) is 17.8. The molecule has 0 heterocycles. The fourth-order valence-electron chi connectivity index (χ4n) is 1.09. The van der Waals surface area contributed by atoms with Gasteiger partial charge in [0.2, 0.25) is 0 Å². The molecule has 0 saturated carbocycles. The molecule has 17 heavy (non-hydrogen) atoms. The van der Waals surface area contributed by atoms with E-state index >= 15 is 0 Å². The van der Waals surface area contributed by atoms with Gasteiger partial charge in [-0.1, -0.05) is 77.0 Å².